The monoisotopic (exact) mass is 348 g/mol. The molecule has 0 bridgehead atoms. The van der Waals surface area contributed by atoms with Crippen LogP contribution in [0.25, 0.3) is 28.2 Å². The van der Waals surface area contributed by atoms with Gasteiger partial charge in [-0.15, -0.1) is 0 Å². The second-order valence-corrected chi connectivity index (χ2v) is 6.25. The summed E-state index contributed by atoms with van der Waals surface area (Å²) >= 11 is 0. The quantitative estimate of drug-likeness (QED) is 0.554. The summed E-state index contributed by atoms with van der Waals surface area (Å²) in [5.41, 5.74) is 5.63. The van der Waals surface area contributed by atoms with Gasteiger partial charge in [0.1, 0.15) is 5.69 Å². The maximum Gasteiger partial charge on any atom is 0.164 e. The van der Waals surface area contributed by atoms with Crippen molar-refractivity contribution in [3.05, 3.63) is 55.0 Å². The highest BCUT2D eigenvalue weighted by atomic mass is 16.5. The molecule has 0 saturated heterocycles. The number of nitrogens with zero attached hydrogens (tertiary/aromatic N) is 6. The highest BCUT2D eigenvalue weighted by Crippen LogP contribution is 2.28. The van der Waals surface area contributed by atoms with Crippen LogP contribution in [0.5, 0.6) is 0 Å². The summed E-state index contributed by atoms with van der Waals surface area (Å²) < 4.78 is 9.29. The van der Waals surface area contributed by atoms with Crippen LogP contribution in [0.1, 0.15) is 12.6 Å². The Kier molecular flexibility index (Phi) is 4.22. The van der Waals surface area contributed by atoms with Gasteiger partial charge in [0.25, 0.3) is 0 Å². The third-order valence-corrected chi connectivity index (χ3v) is 4.42. The molecule has 0 fully saturated rings. The second-order valence-electron chi connectivity index (χ2n) is 6.25. The number of aryl methyl sites for hydroxylation is 1. The standard InChI is InChI=1S/C19H20N6O/c1-13(26-3)11-24-12-16(10-22-24)18-14(2)23-19-17(21-8-9-25(18)19)15-4-6-20-7-5-15/h4-10,12-13H,11H2,1-3H3/t13-/m0/s1. The molecule has 4 rings (SSSR count). The smallest absolute Gasteiger partial charge is 0.164 e. The molecule has 0 radical (unpaired) electrons. The predicted molar refractivity (Wildman–Crippen MR) is 98.6 cm³/mol. The maximum atomic E-state index is 5.32. The van der Waals surface area contributed by atoms with Crippen molar-refractivity contribution in [2.75, 3.05) is 7.11 Å². The van der Waals surface area contributed by atoms with Crippen molar-refractivity contribution in [2.24, 2.45) is 0 Å². The third kappa shape index (κ3) is 2.86. The topological polar surface area (TPSA) is 70.1 Å². The first-order valence-electron chi connectivity index (χ1n) is 8.47. The fourth-order valence-corrected chi connectivity index (χ4v) is 3.08. The molecule has 1 atom stereocenters. The molecule has 4 aromatic rings. The Hall–Kier alpha value is -3.06. The Morgan fingerprint density at radius 3 is 2.73 bits per heavy atom. The van der Waals surface area contributed by atoms with Gasteiger partial charge in [0.15, 0.2) is 5.65 Å². The first kappa shape index (κ1) is 16.4. The number of pyridine rings is 1. The summed E-state index contributed by atoms with van der Waals surface area (Å²) in [7, 11) is 1.71. The van der Waals surface area contributed by atoms with Crippen LogP contribution in [0.3, 0.4) is 0 Å². The molecule has 7 heteroatoms. The predicted octanol–water partition coefficient (Wildman–Crippen LogP) is 3.00. The van der Waals surface area contributed by atoms with Crippen molar-refractivity contribution in [2.45, 2.75) is 26.5 Å². The van der Waals surface area contributed by atoms with E-state index in [1.807, 2.05) is 49.3 Å². The van der Waals surface area contributed by atoms with Crippen LogP contribution in [-0.4, -0.2) is 42.3 Å². The molecule has 0 saturated carbocycles. The molecule has 0 spiro atoms. The zero-order chi connectivity index (χ0) is 18.1. The average Bonchev–Trinajstić information content (AvgIpc) is 3.24. The van der Waals surface area contributed by atoms with Crippen LogP contribution in [0.2, 0.25) is 0 Å². The minimum absolute atomic E-state index is 0.105. The van der Waals surface area contributed by atoms with Crippen LogP contribution in [0.15, 0.2) is 49.3 Å². The number of aromatic nitrogens is 6. The Balaban J connectivity index is 1.81. The average molecular weight is 348 g/mol. The van der Waals surface area contributed by atoms with Crippen molar-refractivity contribution >= 4 is 5.65 Å². The van der Waals surface area contributed by atoms with Crippen molar-refractivity contribution in [1.29, 1.82) is 0 Å². The van der Waals surface area contributed by atoms with Gasteiger partial charge in [-0.1, -0.05) is 0 Å². The highest BCUT2D eigenvalue weighted by Gasteiger charge is 2.17. The number of imidazole rings is 1. The normalized spacial score (nSPS) is 12.6. The van der Waals surface area contributed by atoms with E-state index in [1.54, 1.807) is 25.7 Å². The number of rotatable bonds is 5. The number of hydrogen-bond acceptors (Lipinski definition) is 5. The first-order chi connectivity index (χ1) is 12.7. The fraction of sp³-hybridized carbons (Fsp3) is 0.263. The van der Waals surface area contributed by atoms with Crippen LogP contribution < -0.4 is 0 Å². The Bertz CT molecular complexity index is 1040. The molecular formula is C19H20N6O. The zero-order valence-corrected chi connectivity index (χ0v) is 15.0. The summed E-state index contributed by atoms with van der Waals surface area (Å²) in [5.74, 6) is 0. The molecule has 132 valence electrons. The third-order valence-electron chi connectivity index (χ3n) is 4.42. The van der Waals surface area contributed by atoms with Crippen LogP contribution in [-0.2, 0) is 11.3 Å². The van der Waals surface area contributed by atoms with Gasteiger partial charge in [-0.3, -0.25) is 19.1 Å². The van der Waals surface area contributed by atoms with E-state index >= 15 is 0 Å². The summed E-state index contributed by atoms with van der Waals surface area (Å²) in [6, 6.07) is 3.88. The van der Waals surface area contributed by atoms with E-state index < -0.39 is 0 Å². The lowest BCUT2D eigenvalue weighted by atomic mass is 10.2. The SMILES string of the molecule is CO[C@@H](C)Cn1cc(-c2c(C)nc3c(-c4ccncc4)nccn23)cn1. The minimum Gasteiger partial charge on any atom is -0.380 e. The summed E-state index contributed by atoms with van der Waals surface area (Å²) in [6.07, 6.45) is 11.3. The van der Waals surface area contributed by atoms with E-state index in [0.717, 1.165) is 33.9 Å². The summed E-state index contributed by atoms with van der Waals surface area (Å²) in [6.45, 7) is 4.73. The Morgan fingerprint density at radius 2 is 1.96 bits per heavy atom. The number of hydrogen-bond donors (Lipinski definition) is 0. The molecule has 0 aromatic carbocycles. The van der Waals surface area contributed by atoms with Gasteiger partial charge in [0.05, 0.1) is 30.2 Å². The maximum absolute atomic E-state index is 5.32. The molecule has 4 aromatic heterocycles. The number of fused-ring (bicyclic) bond motifs is 1. The van der Waals surface area contributed by atoms with E-state index in [9.17, 15) is 0 Å². The van der Waals surface area contributed by atoms with Crippen molar-refractivity contribution in [3.8, 4) is 22.5 Å². The van der Waals surface area contributed by atoms with E-state index in [1.165, 1.54) is 0 Å². The molecule has 4 heterocycles. The van der Waals surface area contributed by atoms with Crippen LogP contribution in [0, 0.1) is 6.92 Å². The Morgan fingerprint density at radius 1 is 1.15 bits per heavy atom. The van der Waals surface area contributed by atoms with Crippen LogP contribution >= 0.6 is 0 Å². The minimum atomic E-state index is 0.105. The molecular weight excluding hydrogens is 328 g/mol. The van der Waals surface area contributed by atoms with Crippen molar-refractivity contribution < 1.29 is 4.74 Å². The lowest BCUT2D eigenvalue weighted by molar-refractivity contribution is 0.0998. The fourth-order valence-electron chi connectivity index (χ4n) is 3.08. The van der Waals surface area contributed by atoms with E-state index in [2.05, 4.69) is 19.5 Å². The van der Waals surface area contributed by atoms with Gasteiger partial charge in [0.2, 0.25) is 0 Å². The van der Waals surface area contributed by atoms with Crippen molar-refractivity contribution in [3.63, 3.8) is 0 Å². The molecule has 0 amide bonds. The first-order valence-corrected chi connectivity index (χ1v) is 8.47. The zero-order valence-electron chi connectivity index (χ0n) is 15.0. The van der Waals surface area contributed by atoms with Crippen molar-refractivity contribution in [1.82, 2.24) is 29.1 Å². The molecule has 0 unspecified atom stereocenters. The number of ether oxygens (including phenoxy) is 1. The Labute approximate surface area is 151 Å². The molecule has 0 aliphatic carbocycles. The molecule has 7 nitrogen and oxygen atoms in total. The highest BCUT2D eigenvalue weighted by molar-refractivity contribution is 5.77. The molecule has 0 N–H and O–H groups in total. The van der Waals surface area contributed by atoms with Gasteiger partial charge in [-0.2, -0.15) is 5.10 Å². The van der Waals surface area contributed by atoms with Gasteiger partial charge in [0, 0.05) is 49.2 Å². The van der Waals surface area contributed by atoms with E-state index in [-0.39, 0.29) is 6.10 Å². The lowest BCUT2D eigenvalue weighted by Gasteiger charge is -2.08. The van der Waals surface area contributed by atoms with E-state index in [4.69, 9.17) is 9.72 Å². The summed E-state index contributed by atoms with van der Waals surface area (Å²) in [4.78, 5) is 13.4. The lowest BCUT2D eigenvalue weighted by Crippen LogP contribution is -2.14. The van der Waals surface area contributed by atoms with Gasteiger partial charge in [-0.05, 0) is 26.0 Å². The largest absolute Gasteiger partial charge is 0.380 e. The van der Waals surface area contributed by atoms with Gasteiger partial charge in [-0.25, -0.2) is 4.98 Å². The second kappa shape index (κ2) is 6.68. The van der Waals surface area contributed by atoms with Crippen LogP contribution in [0.4, 0.5) is 0 Å². The molecule has 0 aliphatic rings. The number of methoxy groups -OCH3 is 1. The molecule has 26 heavy (non-hydrogen) atoms. The van der Waals surface area contributed by atoms with E-state index in [0.29, 0.717) is 6.54 Å². The van der Waals surface area contributed by atoms with Gasteiger partial charge >= 0.3 is 0 Å². The molecule has 0 aliphatic heterocycles. The summed E-state index contributed by atoms with van der Waals surface area (Å²) in [5, 5.41) is 4.46. The van der Waals surface area contributed by atoms with Gasteiger partial charge < -0.3 is 4.74 Å².